The highest BCUT2D eigenvalue weighted by molar-refractivity contribution is 5.59. The van der Waals surface area contributed by atoms with E-state index < -0.39 is 0 Å². The molecule has 1 fully saturated rings. The van der Waals surface area contributed by atoms with Crippen LogP contribution >= 0.6 is 0 Å². The Morgan fingerprint density at radius 3 is 2.71 bits per heavy atom. The Labute approximate surface area is 127 Å². The van der Waals surface area contributed by atoms with Gasteiger partial charge in [0.25, 0.3) is 0 Å². The van der Waals surface area contributed by atoms with E-state index >= 15 is 0 Å². The van der Waals surface area contributed by atoms with E-state index in [1.807, 2.05) is 30.5 Å². The second kappa shape index (κ2) is 6.27. The summed E-state index contributed by atoms with van der Waals surface area (Å²) in [7, 11) is 0. The number of nitrogens with one attached hydrogen (secondary N) is 1. The van der Waals surface area contributed by atoms with Gasteiger partial charge in [-0.1, -0.05) is 24.3 Å². The molecule has 1 saturated heterocycles. The standard InChI is InChI=1S/C18H23N3/c1-14(2)21-13-7-11-17(21)16-10-6-12-19-18(16)20-15-8-4-3-5-9-15/h3-6,8-10,12,14,17H,7,11,13H2,1-2H3,(H,19,20)/t17-/m1/s1. The minimum absolute atomic E-state index is 0.477. The lowest BCUT2D eigenvalue weighted by molar-refractivity contribution is 0.206. The van der Waals surface area contributed by atoms with E-state index in [-0.39, 0.29) is 0 Å². The summed E-state index contributed by atoms with van der Waals surface area (Å²) in [4.78, 5) is 7.15. The number of benzene rings is 1. The fourth-order valence-corrected chi connectivity index (χ4v) is 3.19. The van der Waals surface area contributed by atoms with E-state index in [9.17, 15) is 0 Å². The first-order valence-corrected chi connectivity index (χ1v) is 7.78. The number of rotatable bonds is 4. The molecule has 0 spiro atoms. The lowest BCUT2D eigenvalue weighted by atomic mass is 10.0. The Balaban J connectivity index is 1.89. The van der Waals surface area contributed by atoms with Crippen molar-refractivity contribution in [2.75, 3.05) is 11.9 Å². The van der Waals surface area contributed by atoms with Crippen molar-refractivity contribution in [2.24, 2.45) is 0 Å². The summed E-state index contributed by atoms with van der Waals surface area (Å²) in [6.45, 7) is 5.74. The van der Waals surface area contributed by atoms with E-state index in [4.69, 9.17) is 0 Å². The van der Waals surface area contributed by atoms with Crippen LogP contribution in [-0.4, -0.2) is 22.5 Å². The normalized spacial score (nSPS) is 19.1. The van der Waals surface area contributed by atoms with Crippen molar-refractivity contribution in [3.8, 4) is 0 Å². The summed E-state index contributed by atoms with van der Waals surface area (Å²) in [6.07, 6.45) is 4.35. The SMILES string of the molecule is CC(C)N1CCC[C@@H]1c1cccnc1Nc1ccccc1. The number of likely N-dealkylation sites (tertiary alicyclic amines) is 1. The third-order valence-electron chi connectivity index (χ3n) is 4.19. The van der Waals surface area contributed by atoms with Crippen molar-refractivity contribution in [1.82, 2.24) is 9.88 Å². The van der Waals surface area contributed by atoms with Gasteiger partial charge in [0, 0.05) is 29.5 Å². The average molecular weight is 281 g/mol. The Morgan fingerprint density at radius 1 is 1.14 bits per heavy atom. The van der Waals surface area contributed by atoms with Gasteiger partial charge >= 0.3 is 0 Å². The van der Waals surface area contributed by atoms with Crippen LogP contribution in [-0.2, 0) is 0 Å². The van der Waals surface area contributed by atoms with E-state index in [1.54, 1.807) is 0 Å². The summed E-state index contributed by atoms with van der Waals surface area (Å²) in [5.41, 5.74) is 2.40. The summed E-state index contributed by atoms with van der Waals surface area (Å²) in [6, 6.07) is 15.6. The van der Waals surface area contributed by atoms with E-state index in [2.05, 4.69) is 47.2 Å². The summed E-state index contributed by atoms with van der Waals surface area (Å²) < 4.78 is 0. The molecular weight excluding hydrogens is 258 g/mol. The fraction of sp³-hybridized carbons (Fsp3) is 0.389. The van der Waals surface area contributed by atoms with Gasteiger partial charge in [0.15, 0.2) is 0 Å². The van der Waals surface area contributed by atoms with Crippen molar-refractivity contribution in [3.63, 3.8) is 0 Å². The molecule has 3 rings (SSSR count). The lowest BCUT2D eigenvalue weighted by Crippen LogP contribution is -2.30. The van der Waals surface area contributed by atoms with Gasteiger partial charge in [-0.05, 0) is 51.4 Å². The Bertz CT molecular complexity index is 580. The van der Waals surface area contributed by atoms with Crippen molar-refractivity contribution < 1.29 is 0 Å². The molecule has 0 unspecified atom stereocenters. The molecule has 1 aliphatic heterocycles. The van der Waals surface area contributed by atoms with Gasteiger partial charge in [0.2, 0.25) is 0 Å². The van der Waals surface area contributed by atoms with Crippen LogP contribution in [0.1, 0.15) is 38.3 Å². The molecule has 0 aliphatic carbocycles. The molecule has 3 heteroatoms. The third-order valence-corrected chi connectivity index (χ3v) is 4.19. The molecule has 2 heterocycles. The van der Waals surface area contributed by atoms with Gasteiger partial charge in [0.1, 0.15) is 5.82 Å². The minimum Gasteiger partial charge on any atom is -0.340 e. The van der Waals surface area contributed by atoms with E-state index in [1.165, 1.54) is 24.9 Å². The topological polar surface area (TPSA) is 28.2 Å². The highest BCUT2D eigenvalue weighted by atomic mass is 15.2. The largest absolute Gasteiger partial charge is 0.340 e. The van der Waals surface area contributed by atoms with Crippen LogP contribution in [0.5, 0.6) is 0 Å². The van der Waals surface area contributed by atoms with Crippen LogP contribution < -0.4 is 5.32 Å². The molecule has 0 saturated carbocycles. The van der Waals surface area contributed by atoms with Gasteiger partial charge in [-0.15, -0.1) is 0 Å². The van der Waals surface area contributed by atoms with Gasteiger partial charge in [-0.25, -0.2) is 4.98 Å². The highest BCUT2D eigenvalue weighted by Crippen LogP contribution is 2.37. The smallest absolute Gasteiger partial charge is 0.135 e. The maximum atomic E-state index is 4.57. The molecule has 1 aromatic heterocycles. The molecule has 110 valence electrons. The van der Waals surface area contributed by atoms with E-state index in [0.717, 1.165) is 11.5 Å². The number of aromatic nitrogens is 1. The van der Waals surface area contributed by atoms with Crippen LogP contribution in [0.25, 0.3) is 0 Å². The fourth-order valence-electron chi connectivity index (χ4n) is 3.19. The summed E-state index contributed by atoms with van der Waals surface area (Å²) in [5.74, 6) is 0.987. The number of para-hydroxylation sites is 1. The number of anilines is 2. The zero-order chi connectivity index (χ0) is 14.7. The second-order valence-electron chi connectivity index (χ2n) is 5.92. The molecule has 1 aliphatic rings. The highest BCUT2D eigenvalue weighted by Gasteiger charge is 2.29. The first-order valence-electron chi connectivity index (χ1n) is 7.78. The van der Waals surface area contributed by atoms with Crippen molar-refractivity contribution in [2.45, 2.75) is 38.8 Å². The molecule has 1 N–H and O–H groups in total. The van der Waals surface area contributed by atoms with Gasteiger partial charge in [-0.3, -0.25) is 4.90 Å². The summed E-state index contributed by atoms with van der Waals surface area (Å²) >= 11 is 0. The quantitative estimate of drug-likeness (QED) is 0.902. The number of nitrogens with zero attached hydrogens (tertiary/aromatic N) is 2. The van der Waals surface area contributed by atoms with Gasteiger partial charge < -0.3 is 5.32 Å². The minimum atomic E-state index is 0.477. The molecule has 1 atom stereocenters. The Morgan fingerprint density at radius 2 is 1.95 bits per heavy atom. The maximum absolute atomic E-state index is 4.57. The molecule has 21 heavy (non-hydrogen) atoms. The zero-order valence-corrected chi connectivity index (χ0v) is 12.8. The average Bonchev–Trinajstić information content (AvgIpc) is 2.98. The number of pyridine rings is 1. The van der Waals surface area contributed by atoms with E-state index in [0.29, 0.717) is 12.1 Å². The van der Waals surface area contributed by atoms with Crippen LogP contribution in [0.3, 0.4) is 0 Å². The second-order valence-corrected chi connectivity index (χ2v) is 5.92. The first-order chi connectivity index (χ1) is 10.3. The third kappa shape index (κ3) is 3.08. The van der Waals surface area contributed by atoms with Crippen LogP contribution in [0, 0.1) is 0 Å². The Kier molecular flexibility index (Phi) is 4.20. The molecule has 0 bridgehead atoms. The molecule has 3 nitrogen and oxygen atoms in total. The van der Waals surface area contributed by atoms with Gasteiger partial charge in [-0.2, -0.15) is 0 Å². The van der Waals surface area contributed by atoms with Crippen molar-refractivity contribution in [3.05, 3.63) is 54.2 Å². The van der Waals surface area contributed by atoms with Crippen LogP contribution in [0.2, 0.25) is 0 Å². The van der Waals surface area contributed by atoms with Crippen LogP contribution in [0.4, 0.5) is 11.5 Å². The van der Waals surface area contributed by atoms with Gasteiger partial charge in [0.05, 0.1) is 0 Å². The molecule has 0 amide bonds. The summed E-state index contributed by atoms with van der Waals surface area (Å²) in [5, 5.41) is 3.47. The monoisotopic (exact) mass is 281 g/mol. The first kappa shape index (κ1) is 14.1. The molecule has 2 aromatic rings. The zero-order valence-electron chi connectivity index (χ0n) is 12.8. The predicted molar refractivity (Wildman–Crippen MR) is 87.8 cm³/mol. The Hall–Kier alpha value is -1.87. The van der Waals surface area contributed by atoms with Crippen LogP contribution in [0.15, 0.2) is 48.7 Å². The lowest BCUT2D eigenvalue weighted by Gasteiger charge is -2.29. The molecular formula is C18H23N3. The predicted octanol–water partition coefficient (Wildman–Crippen LogP) is 4.37. The van der Waals surface area contributed by atoms with Crippen molar-refractivity contribution >= 4 is 11.5 Å². The molecule has 0 radical (unpaired) electrons. The number of hydrogen-bond donors (Lipinski definition) is 1. The van der Waals surface area contributed by atoms with Crippen molar-refractivity contribution in [1.29, 1.82) is 0 Å². The maximum Gasteiger partial charge on any atom is 0.135 e. The number of hydrogen-bond acceptors (Lipinski definition) is 3. The molecule has 1 aromatic carbocycles.